The Morgan fingerprint density at radius 3 is 2.69 bits per heavy atom. The van der Waals surface area contributed by atoms with Gasteiger partial charge in [-0.3, -0.25) is 4.68 Å². The number of anilines is 1. The summed E-state index contributed by atoms with van der Waals surface area (Å²) in [5.41, 5.74) is 9.59. The molecule has 0 atom stereocenters. The fourth-order valence-electron chi connectivity index (χ4n) is 1.79. The maximum absolute atomic E-state index is 5.91. The fraction of sp³-hybridized carbons (Fsp3) is 0.250. The number of rotatable bonds is 2. The minimum Gasteiger partial charge on any atom is -0.496 e. The monoisotopic (exact) mass is 217 g/mol. The molecule has 2 rings (SSSR count). The summed E-state index contributed by atoms with van der Waals surface area (Å²) in [6.45, 7) is 2.04. The first kappa shape index (κ1) is 10.5. The minimum atomic E-state index is 0.659. The van der Waals surface area contributed by atoms with Crippen molar-refractivity contribution in [2.24, 2.45) is 7.05 Å². The second-order valence-corrected chi connectivity index (χ2v) is 3.78. The summed E-state index contributed by atoms with van der Waals surface area (Å²) in [5, 5.41) is 4.13. The van der Waals surface area contributed by atoms with E-state index < -0.39 is 0 Å². The van der Waals surface area contributed by atoms with Gasteiger partial charge in [0.1, 0.15) is 5.75 Å². The largest absolute Gasteiger partial charge is 0.496 e. The summed E-state index contributed by atoms with van der Waals surface area (Å²) in [6, 6.07) is 6.00. The number of ether oxygens (including phenoxy) is 1. The van der Waals surface area contributed by atoms with Gasteiger partial charge in [-0.1, -0.05) is 11.6 Å². The van der Waals surface area contributed by atoms with Crippen molar-refractivity contribution in [2.75, 3.05) is 12.8 Å². The number of nitrogens with zero attached hydrogens (tertiary/aromatic N) is 2. The molecule has 0 aliphatic rings. The second-order valence-electron chi connectivity index (χ2n) is 3.78. The van der Waals surface area contributed by atoms with E-state index in [0.29, 0.717) is 5.69 Å². The summed E-state index contributed by atoms with van der Waals surface area (Å²) in [7, 11) is 3.52. The Morgan fingerprint density at radius 1 is 1.38 bits per heavy atom. The van der Waals surface area contributed by atoms with Gasteiger partial charge >= 0.3 is 0 Å². The fourth-order valence-corrected chi connectivity index (χ4v) is 1.79. The van der Waals surface area contributed by atoms with Gasteiger partial charge in [0.15, 0.2) is 0 Å². The van der Waals surface area contributed by atoms with Gasteiger partial charge in [-0.15, -0.1) is 0 Å². The first-order valence-electron chi connectivity index (χ1n) is 5.06. The van der Waals surface area contributed by atoms with Gasteiger partial charge in [-0.05, 0) is 19.1 Å². The number of hydrogen-bond acceptors (Lipinski definition) is 3. The molecule has 16 heavy (non-hydrogen) atoms. The van der Waals surface area contributed by atoms with Crippen molar-refractivity contribution >= 4 is 5.69 Å². The maximum atomic E-state index is 5.91. The molecule has 4 heteroatoms. The van der Waals surface area contributed by atoms with E-state index >= 15 is 0 Å². The van der Waals surface area contributed by atoms with Crippen LogP contribution in [0.4, 0.5) is 5.69 Å². The Morgan fingerprint density at radius 2 is 2.12 bits per heavy atom. The van der Waals surface area contributed by atoms with Crippen LogP contribution in [0.5, 0.6) is 5.75 Å². The molecule has 4 nitrogen and oxygen atoms in total. The van der Waals surface area contributed by atoms with Crippen LogP contribution in [-0.4, -0.2) is 16.9 Å². The first-order chi connectivity index (χ1) is 7.63. The number of aryl methyl sites for hydroxylation is 2. The van der Waals surface area contributed by atoms with Crippen molar-refractivity contribution in [1.82, 2.24) is 9.78 Å². The predicted octanol–water partition coefficient (Wildman–Crippen LogP) is 1.99. The standard InChI is InChI=1S/C12H15N3O/c1-8-4-5-11(16-3)9(6-8)12-10(13)7-14-15(12)2/h4-7H,13H2,1-3H3. The van der Waals surface area contributed by atoms with Gasteiger partial charge in [0.25, 0.3) is 0 Å². The van der Waals surface area contributed by atoms with Gasteiger partial charge in [0, 0.05) is 12.6 Å². The van der Waals surface area contributed by atoms with E-state index in [1.54, 1.807) is 18.0 Å². The highest BCUT2D eigenvalue weighted by Crippen LogP contribution is 2.33. The third-order valence-electron chi connectivity index (χ3n) is 2.58. The molecular formula is C12H15N3O. The van der Waals surface area contributed by atoms with Crippen LogP contribution in [0, 0.1) is 6.92 Å². The molecule has 1 aromatic heterocycles. The molecule has 2 aromatic rings. The van der Waals surface area contributed by atoms with Gasteiger partial charge < -0.3 is 10.5 Å². The SMILES string of the molecule is COc1ccc(C)cc1-c1c(N)cnn1C. The van der Waals surface area contributed by atoms with Gasteiger partial charge in [0.2, 0.25) is 0 Å². The van der Waals surface area contributed by atoms with E-state index in [1.165, 1.54) is 0 Å². The van der Waals surface area contributed by atoms with Crippen molar-refractivity contribution < 1.29 is 4.74 Å². The summed E-state index contributed by atoms with van der Waals surface area (Å²) < 4.78 is 7.09. The van der Waals surface area contributed by atoms with Gasteiger partial charge in [-0.2, -0.15) is 5.10 Å². The van der Waals surface area contributed by atoms with Crippen LogP contribution in [-0.2, 0) is 7.05 Å². The van der Waals surface area contributed by atoms with E-state index in [4.69, 9.17) is 10.5 Å². The average molecular weight is 217 g/mol. The molecule has 0 saturated carbocycles. The average Bonchev–Trinajstić information content (AvgIpc) is 2.58. The lowest BCUT2D eigenvalue weighted by molar-refractivity contribution is 0.416. The quantitative estimate of drug-likeness (QED) is 0.836. The third-order valence-corrected chi connectivity index (χ3v) is 2.58. The topological polar surface area (TPSA) is 53.1 Å². The van der Waals surface area contributed by atoms with E-state index in [0.717, 1.165) is 22.6 Å². The Balaban J connectivity index is 2.67. The molecule has 1 heterocycles. The number of nitrogen functional groups attached to an aromatic ring is 1. The lowest BCUT2D eigenvalue weighted by atomic mass is 10.1. The molecule has 0 bridgehead atoms. The molecule has 0 aliphatic heterocycles. The van der Waals surface area contributed by atoms with Crippen molar-refractivity contribution in [3.05, 3.63) is 30.0 Å². The molecule has 0 amide bonds. The van der Waals surface area contributed by atoms with Crippen LogP contribution in [0.1, 0.15) is 5.56 Å². The Bertz CT molecular complexity index is 497. The van der Waals surface area contributed by atoms with Crippen LogP contribution in [0.3, 0.4) is 0 Å². The van der Waals surface area contributed by atoms with Crippen LogP contribution in [0.15, 0.2) is 24.4 Å². The van der Waals surface area contributed by atoms with Crippen LogP contribution < -0.4 is 10.5 Å². The van der Waals surface area contributed by atoms with Crippen LogP contribution in [0.25, 0.3) is 11.3 Å². The molecular weight excluding hydrogens is 202 g/mol. The van der Waals surface area contributed by atoms with E-state index in [1.807, 2.05) is 32.2 Å². The second kappa shape index (κ2) is 3.89. The molecule has 0 aliphatic carbocycles. The molecule has 0 saturated heterocycles. The molecule has 0 radical (unpaired) electrons. The molecule has 84 valence electrons. The maximum Gasteiger partial charge on any atom is 0.128 e. The Labute approximate surface area is 94.6 Å². The number of aromatic nitrogens is 2. The lowest BCUT2D eigenvalue weighted by Crippen LogP contribution is -1.98. The summed E-state index contributed by atoms with van der Waals surface area (Å²) in [6.07, 6.45) is 1.65. The third kappa shape index (κ3) is 1.62. The molecule has 0 spiro atoms. The van der Waals surface area contributed by atoms with Crippen LogP contribution >= 0.6 is 0 Å². The minimum absolute atomic E-state index is 0.659. The van der Waals surface area contributed by atoms with Gasteiger partial charge in [0.05, 0.1) is 24.7 Å². The van der Waals surface area contributed by atoms with Crippen molar-refractivity contribution in [3.63, 3.8) is 0 Å². The summed E-state index contributed by atoms with van der Waals surface area (Å²) in [5.74, 6) is 0.806. The number of benzene rings is 1. The highest BCUT2D eigenvalue weighted by Gasteiger charge is 2.13. The number of methoxy groups -OCH3 is 1. The molecule has 0 fully saturated rings. The van der Waals surface area contributed by atoms with E-state index in [9.17, 15) is 0 Å². The smallest absolute Gasteiger partial charge is 0.128 e. The highest BCUT2D eigenvalue weighted by atomic mass is 16.5. The lowest BCUT2D eigenvalue weighted by Gasteiger charge is -2.10. The predicted molar refractivity (Wildman–Crippen MR) is 64.3 cm³/mol. The zero-order chi connectivity index (χ0) is 11.7. The number of hydrogen-bond donors (Lipinski definition) is 1. The Hall–Kier alpha value is -1.97. The van der Waals surface area contributed by atoms with Crippen molar-refractivity contribution in [3.8, 4) is 17.0 Å². The van der Waals surface area contributed by atoms with Crippen molar-refractivity contribution in [2.45, 2.75) is 6.92 Å². The zero-order valence-electron chi connectivity index (χ0n) is 9.69. The van der Waals surface area contributed by atoms with E-state index in [-0.39, 0.29) is 0 Å². The summed E-state index contributed by atoms with van der Waals surface area (Å²) in [4.78, 5) is 0. The van der Waals surface area contributed by atoms with Crippen LogP contribution in [0.2, 0.25) is 0 Å². The molecule has 2 N–H and O–H groups in total. The molecule has 1 aromatic carbocycles. The summed E-state index contributed by atoms with van der Waals surface area (Å²) >= 11 is 0. The number of nitrogens with two attached hydrogens (primary N) is 1. The van der Waals surface area contributed by atoms with Gasteiger partial charge in [-0.25, -0.2) is 0 Å². The highest BCUT2D eigenvalue weighted by molar-refractivity contribution is 5.77. The Kier molecular flexibility index (Phi) is 2.56. The zero-order valence-corrected chi connectivity index (χ0v) is 9.69. The first-order valence-corrected chi connectivity index (χ1v) is 5.06. The molecule has 0 unspecified atom stereocenters. The normalized spacial score (nSPS) is 10.4. The van der Waals surface area contributed by atoms with Crippen molar-refractivity contribution in [1.29, 1.82) is 0 Å². The van der Waals surface area contributed by atoms with E-state index in [2.05, 4.69) is 5.10 Å².